The molecule has 1 saturated carbocycles. The molecule has 178 valence electrons. The van der Waals surface area contributed by atoms with E-state index >= 15 is 0 Å². The minimum absolute atomic E-state index is 0.0769. The SMILES string of the molecule is CCOc1cc(C2CC(OC(C)=O)CCC2NC(=O)c2ccc(OC)c(F)c2)ccc1OC. The number of hydrogen-bond acceptors (Lipinski definition) is 6. The summed E-state index contributed by atoms with van der Waals surface area (Å²) in [6.45, 7) is 3.76. The van der Waals surface area contributed by atoms with Gasteiger partial charge in [-0.3, -0.25) is 9.59 Å². The molecule has 1 aliphatic carbocycles. The first-order valence-electron chi connectivity index (χ1n) is 11.0. The third kappa shape index (κ3) is 5.94. The Balaban J connectivity index is 1.87. The Morgan fingerprint density at radius 3 is 2.39 bits per heavy atom. The third-order valence-electron chi connectivity index (χ3n) is 5.78. The van der Waals surface area contributed by atoms with Gasteiger partial charge in [0.05, 0.1) is 20.8 Å². The fraction of sp³-hybridized carbons (Fsp3) is 0.440. The van der Waals surface area contributed by atoms with E-state index in [0.717, 1.165) is 11.6 Å². The van der Waals surface area contributed by atoms with Gasteiger partial charge in [0.1, 0.15) is 6.10 Å². The summed E-state index contributed by atoms with van der Waals surface area (Å²) in [5, 5.41) is 3.04. The van der Waals surface area contributed by atoms with Gasteiger partial charge < -0.3 is 24.3 Å². The lowest BCUT2D eigenvalue weighted by molar-refractivity contribution is -0.148. The highest BCUT2D eigenvalue weighted by Gasteiger charge is 2.34. The maximum Gasteiger partial charge on any atom is 0.302 e. The van der Waals surface area contributed by atoms with Crippen LogP contribution >= 0.6 is 0 Å². The molecule has 3 atom stereocenters. The molecule has 0 heterocycles. The van der Waals surface area contributed by atoms with E-state index < -0.39 is 5.82 Å². The van der Waals surface area contributed by atoms with Gasteiger partial charge in [-0.15, -0.1) is 0 Å². The zero-order chi connectivity index (χ0) is 24.0. The Morgan fingerprint density at radius 2 is 1.76 bits per heavy atom. The smallest absolute Gasteiger partial charge is 0.302 e. The van der Waals surface area contributed by atoms with Crippen LogP contribution < -0.4 is 19.5 Å². The van der Waals surface area contributed by atoms with E-state index in [-0.39, 0.29) is 41.3 Å². The van der Waals surface area contributed by atoms with Gasteiger partial charge >= 0.3 is 5.97 Å². The Kier molecular flexibility index (Phi) is 8.14. The normalized spacial score (nSPS) is 20.0. The standard InChI is InChI=1S/C25H30FNO6/c1-5-32-24-13-16(6-11-23(24)31-4)19-14-18(33-15(2)28)8-9-21(19)27-25(29)17-7-10-22(30-3)20(26)12-17/h6-7,10-13,18-19,21H,5,8-9,14H2,1-4H3,(H,27,29). The van der Waals surface area contributed by atoms with Gasteiger partial charge in [-0.25, -0.2) is 4.39 Å². The monoisotopic (exact) mass is 459 g/mol. The Labute approximate surface area is 193 Å². The van der Waals surface area contributed by atoms with Crippen molar-refractivity contribution in [1.29, 1.82) is 0 Å². The van der Waals surface area contributed by atoms with Crippen molar-refractivity contribution in [2.75, 3.05) is 20.8 Å². The highest BCUT2D eigenvalue weighted by molar-refractivity contribution is 5.94. The number of rotatable bonds is 8. The summed E-state index contributed by atoms with van der Waals surface area (Å²) < 4.78 is 35.6. The lowest BCUT2D eigenvalue weighted by Gasteiger charge is -2.36. The highest BCUT2D eigenvalue weighted by Crippen LogP contribution is 2.39. The molecule has 3 rings (SSSR count). The quantitative estimate of drug-likeness (QED) is 0.595. The van der Waals surface area contributed by atoms with Crippen LogP contribution in [0.25, 0.3) is 0 Å². The molecule has 0 bridgehead atoms. The second-order valence-corrected chi connectivity index (χ2v) is 7.92. The van der Waals surface area contributed by atoms with E-state index in [2.05, 4.69) is 5.32 Å². The molecule has 0 spiro atoms. The lowest BCUT2D eigenvalue weighted by Crippen LogP contribution is -2.44. The van der Waals surface area contributed by atoms with Crippen LogP contribution in [0.5, 0.6) is 17.2 Å². The topological polar surface area (TPSA) is 83.1 Å². The number of benzene rings is 2. The summed E-state index contributed by atoms with van der Waals surface area (Å²) in [4.78, 5) is 24.5. The average Bonchev–Trinajstić information content (AvgIpc) is 2.79. The molecule has 0 aromatic heterocycles. The molecule has 1 fully saturated rings. The van der Waals surface area contributed by atoms with E-state index in [1.807, 2.05) is 25.1 Å². The van der Waals surface area contributed by atoms with Gasteiger partial charge in [0.15, 0.2) is 23.1 Å². The van der Waals surface area contributed by atoms with E-state index in [4.69, 9.17) is 18.9 Å². The van der Waals surface area contributed by atoms with Crippen molar-refractivity contribution in [1.82, 2.24) is 5.32 Å². The van der Waals surface area contributed by atoms with Crippen LogP contribution in [-0.4, -0.2) is 44.8 Å². The molecule has 2 aromatic carbocycles. The second-order valence-electron chi connectivity index (χ2n) is 7.92. The first-order valence-corrected chi connectivity index (χ1v) is 11.0. The lowest BCUT2D eigenvalue weighted by atomic mass is 9.78. The zero-order valence-electron chi connectivity index (χ0n) is 19.4. The predicted molar refractivity (Wildman–Crippen MR) is 121 cm³/mol. The molecule has 1 amide bonds. The maximum absolute atomic E-state index is 14.1. The number of halogens is 1. The number of nitrogens with one attached hydrogen (secondary N) is 1. The van der Waals surface area contributed by atoms with Gasteiger partial charge in [-0.2, -0.15) is 0 Å². The third-order valence-corrected chi connectivity index (χ3v) is 5.78. The molecule has 7 nitrogen and oxygen atoms in total. The Hall–Kier alpha value is -3.29. The van der Waals surface area contributed by atoms with Crippen LogP contribution in [-0.2, 0) is 9.53 Å². The molecule has 2 aromatic rings. The summed E-state index contributed by atoms with van der Waals surface area (Å²) >= 11 is 0. The Morgan fingerprint density at radius 1 is 1.03 bits per heavy atom. The van der Waals surface area contributed by atoms with Crippen LogP contribution in [0.15, 0.2) is 36.4 Å². The van der Waals surface area contributed by atoms with Crippen LogP contribution in [0.2, 0.25) is 0 Å². The number of hydrogen-bond donors (Lipinski definition) is 1. The first kappa shape index (κ1) is 24.4. The van der Waals surface area contributed by atoms with Crippen molar-refractivity contribution in [3.63, 3.8) is 0 Å². The van der Waals surface area contributed by atoms with Crippen LogP contribution in [0.1, 0.15) is 54.9 Å². The Bertz CT molecular complexity index is 995. The molecule has 0 radical (unpaired) electrons. The van der Waals surface area contributed by atoms with Crippen LogP contribution in [0.4, 0.5) is 4.39 Å². The van der Waals surface area contributed by atoms with E-state index in [9.17, 15) is 14.0 Å². The van der Waals surface area contributed by atoms with Gasteiger partial charge in [0.25, 0.3) is 5.91 Å². The van der Waals surface area contributed by atoms with Gasteiger partial charge in [0, 0.05) is 24.4 Å². The minimum Gasteiger partial charge on any atom is -0.494 e. The van der Waals surface area contributed by atoms with Crippen LogP contribution in [0, 0.1) is 5.82 Å². The van der Waals surface area contributed by atoms with Gasteiger partial charge in [-0.05, 0) is 62.1 Å². The molecular formula is C25H30FNO6. The van der Waals surface area contributed by atoms with Crippen molar-refractivity contribution >= 4 is 11.9 Å². The molecule has 8 heteroatoms. The van der Waals surface area contributed by atoms with Crippen molar-refractivity contribution in [3.05, 3.63) is 53.3 Å². The molecular weight excluding hydrogens is 429 g/mol. The van der Waals surface area contributed by atoms with E-state index in [1.54, 1.807) is 7.11 Å². The average molecular weight is 460 g/mol. The molecule has 1 aliphatic rings. The predicted octanol–water partition coefficient (Wildman–Crippen LogP) is 4.24. The molecule has 0 saturated heterocycles. The fourth-order valence-electron chi connectivity index (χ4n) is 4.27. The number of esters is 1. The number of ether oxygens (including phenoxy) is 4. The zero-order valence-corrected chi connectivity index (χ0v) is 19.4. The fourth-order valence-corrected chi connectivity index (χ4v) is 4.27. The maximum atomic E-state index is 14.1. The number of carbonyl (C=O) groups excluding carboxylic acids is 2. The number of carbonyl (C=O) groups is 2. The molecule has 1 N–H and O–H groups in total. The molecule has 33 heavy (non-hydrogen) atoms. The van der Waals surface area contributed by atoms with Gasteiger partial charge in [-0.1, -0.05) is 6.07 Å². The van der Waals surface area contributed by atoms with Gasteiger partial charge in [0.2, 0.25) is 0 Å². The second kappa shape index (κ2) is 11.0. The van der Waals surface area contributed by atoms with Crippen molar-refractivity contribution in [3.8, 4) is 17.2 Å². The van der Waals surface area contributed by atoms with Crippen molar-refractivity contribution in [2.24, 2.45) is 0 Å². The summed E-state index contributed by atoms with van der Waals surface area (Å²) in [5.41, 5.74) is 1.14. The summed E-state index contributed by atoms with van der Waals surface area (Å²) in [7, 11) is 2.95. The number of methoxy groups -OCH3 is 2. The van der Waals surface area contributed by atoms with Crippen molar-refractivity contribution in [2.45, 2.75) is 51.2 Å². The largest absolute Gasteiger partial charge is 0.494 e. The molecule has 3 unspecified atom stereocenters. The summed E-state index contributed by atoms with van der Waals surface area (Å²) in [6.07, 6.45) is 1.51. The van der Waals surface area contributed by atoms with Crippen molar-refractivity contribution < 1.29 is 32.9 Å². The highest BCUT2D eigenvalue weighted by atomic mass is 19.1. The van der Waals surface area contributed by atoms with E-state index in [1.165, 1.54) is 26.2 Å². The summed E-state index contributed by atoms with van der Waals surface area (Å²) in [5.74, 6) is -0.155. The van der Waals surface area contributed by atoms with E-state index in [0.29, 0.717) is 37.4 Å². The van der Waals surface area contributed by atoms with Crippen LogP contribution in [0.3, 0.4) is 0 Å². The first-order chi connectivity index (χ1) is 15.9. The number of amides is 1. The minimum atomic E-state index is -0.600. The molecule has 0 aliphatic heterocycles. The summed E-state index contributed by atoms with van der Waals surface area (Å²) in [6, 6.07) is 9.53.